The highest BCUT2D eigenvalue weighted by Crippen LogP contribution is 2.26. The first-order valence-electron chi connectivity index (χ1n) is 6.35. The molecular weight excluding hydrogens is 310 g/mol. The second-order valence-electron chi connectivity index (χ2n) is 4.37. The van der Waals surface area contributed by atoms with Crippen molar-refractivity contribution in [1.29, 1.82) is 0 Å². The van der Waals surface area contributed by atoms with E-state index in [1.807, 2.05) is 12.1 Å². The minimum atomic E-state index is -3.70. The molecule has 0 amide bonds. The lowest BCUT2D eigenvalue weighted by Gasteiger charge is -2.12. The summed E-state index contributed by atoms with van der Waals surface area (Å²) in [5.41, 5.74) is 1.40. The number of anilines is 1. The maximum Gasteiger partial charge on any atom is 0.263 e. The van der Waals surface area contributed by atoms with Crippen molar-refractivity contribution in [3.05, 3.63) is 46.2 Å². The molecule has 0 radical (unpaired) electrons. The molecule has 0 aliphatic heterocycles. The van der Waals surface area contributed by atoms with Crippen LogP contribution in [0.15, 0.2) is 40.6 Å². The zero-order valence-corrected chi connectivity index (χ0v) is 13.2. The molecule has 0 unspecified atom stereocenters. The molecule has 7 heteroatoms. The Morgan fingerprint density at radius 2 is 2.05 bits per heavy atom. The number of methoxy groups -OCH3 is 1. The lowest BCUT2D eigenvalue weighted by atomic mass is 10.1. The summed E-state index contributed by atoms with van der Waals surface area (Å²) in [6.07, 6.45) is 0.617. The Morgan fingerprint density at radius 3 is 2.76 bits per heavy atom. The van der Waals surface area contributed by atoms with Crippen LogP contribution in [-0.4, -0.2) is 27.2 Å². The molecule has 0 bridgehead atoms. The van der Waals surface area contributed by atoms with Crippen LogP contribution in [0.4, 0.5) is 5.69 Å². The van der Waals surface area contributed by atoms with Crippen molar-refractivity contribution in [2.24, 2.45) is 0 Å². The van der Waals surface area contributed by atoms with Gasteiger partial charge in [0.15, 0.2) is 0 Å². The standard InChI is InChI=1S/C14H17NO4S2/c1-19-8-6-11-4-2-3-5-12(11)15-21(17,18)14-7-9-20-13(14)10-16/h2-5,7,9,15-16H,6,8,10H2,1H3. The number of para-hydroxylation sites is 1. The van der Waals surface area contributed by atoms with E-state index in [4.69, 9.17) is 4.74 Å². The molecule has 2 rings (SSSR count). The topological polar surface area (TPSA) is 75.6 Å². The molecule has 2 N–H and O–H groups in total. The monoisotopic (exact) mass is 327 g/mol. The summed E-state index contributed by atoms with van der Waals surface area (Å²) in [6.45, 7) is 0.221. The summed E-state index contributed by atoms with van der Waals surface area (Å²) in [5, 5.41) is 10.9. The highest BCUT2D eigenvalue weighted by molar-refractivity contribution is 7.93. The largest absolute Gasteiger partial charge is 0.391 e. The van der Waals surface area contributed by atoms with Gasteiger partial charge in [-0.3, -0.25) is 4.72 Å². The number of aliphatic hydroxyl groups excluding tert-OH is 1. The fourth-order valence-electron chi connectivity index (χ4n) is 1.93. The first kappa shape index (κ1) is 16.0. The van der Waals surface area contributed by atoms with Crippen molar-refractivity contribution in [2.75, 3.05) is 18.4 Å². The number of rotatable bonds is 7. The summed E-state index contributed by atoms with van der Waals surface area (Å²) in [4.78, 5) is 0.549. The fraction of sp³-hybridized carbons (Fsp3) is 0.286. The van der Waals surface area contributed by atoms with E-state index in [2.05, 4.69) is 4.72 Å². The predicted octanol–water partition coefficient (Wildman–Crippen LogP) is 2.23. The summed E-state index contributed by atoms with van der Waals surface area (Å²) in [7, 11) is -2.10. The van der Waals surface area contributed by atoms with Crippen molar-refractivity contribution in [3.8, 4) is 0 Å². The Hall–Kier alpha value is -1.41. The number of thiophene rings is 1. The van der Waals surface area contributed by atoms with Crippen LogP contribution in [0.25, 0.3) is 0 Å². The maximum absolute atomic E-state index is 12.4. The Balaban J connectivity index is 2.29. The SMILES string of the molecule is COCCc1ccccc1NS(=O)(=O)c1ccsc1CO. The number of hydrogen-bond acceptors (Lipinski definition) is 5. The zero-order chi connectivity index (χ0) is 15.3. The number of hydrogen-bond donors (Lipinski definition) is 2. The van der Waals surface area contributed by atoms with Crippen LogP contribution in [0.1, 0.15) is 10.4 Å². The van der Waals surface area contributed by atoms with Crippen LogP contribution >= 0.6 is 11.3 Å². The molecular formula is C14H17NO4S2. The molecule has 0 spiro atoms. The third-order valence-electron chi connectivity index (χ3n) is 2.97. The fourth-order valence-corrected chi connectivity index (χ4v) is 4.33. The first-order valence-corrected chi connectivity index (χ1v) is 8.71. The summed E-state index contributed by atoms with van der Waals surface area (Å²) in [6, 6.07) is 8.70. The second kappa shape index (κ2) is 7.04. The quantitative estimate of drug-likeness (QED) is 0.818. The lowest BCUT2D eigenvalue weighted by molar-refractivity contribution is 0.202. The van der Waals surface area contributed by atoms with Crippen LogP contribution in [0.3, 0.4) is 0 Å². The Labute approximate surface area is 128 Å². The van der Waals surface area contributed by atoms with Gasteiger partial charge in [-0.05, 0) is 29.5 Å². The average Bonchev–Trinajstić information content (AvgIpc) is 2.95. The molecule has 1 aromatic carbocycles. The second-order valence-corrected chi connectivity index (χ2v) is 7.02. The van der Waals surface area contributed by atoms with E-state index in [0.29, 0.717) is 23.6 Å². The van der Waals surface area contributed by atoms with Gasteiger partial charge in [-0.25, -0.2) is 8.42 Å². The van der Waals surface area contributed by atoms with Gasteiger partial charge < -0.3 is 9.84 Å². The maximum atomic E-state index is 12.4. The highest BCUT2D eigenvalue weighted by atomic mass is 32.2. The minimum absolute atomic E-state index is 0.122. The molecule has 114 valence electrons. The number of aliphatic hydroxyl groups is 1. The van der Waals surface area contributed by atoms with E-state index in [9.17, 15) is 13.5 Å². The van der Waals surface area contributed by atoms with Crippen molar-refractivity contribution < 1.29 is 18.3 Å². The van der Waals surface area contributed by atoms with E-state index in [1.165, 1.54) is 17.4 Å². The van der Waals surface area contributed by atoms with Crippen molar-refractivity contribution in [1.82, 2.24) is 0 Å². The lowest BCUT2D eigenvalue weighted by Crippen LogP contribution is -2.15. The molecule has 0 aliphatic carbocycles. The van der Waals surface area contributed by atoms with Crippen molar-refractivity contribution in [2.45, 2.75) is 17.9 Å². The summed E-state index contributed by atoms with van der Waals surface area (Å²) in [5.74, 6) is 0. The van der Waals surface area contributed by atoms with Gasteiger partial charge in [0.05, 0.1) is 23.8 Å². The first-order chi connectivity index (χ1) is 10.1. The van der Waals surface area contributed by atoms with E-state index in [0.717, 1.165) is 5.56 Å². The molecule has 21 heavy (non-hydrogen) atoms. The molecule has 1 heterocycles. The van der Waals surface area contributed by atoms with Crippen LogP contribution in [0.5, 0.6) is 0 Å². The van der Waals surface area contributed by atoms with Crippen molar-refractivity contribution in [3.63, 3.8) is 0 Å². The van der Waals surface area contributed by atoms with Gasteiger partial charge in [-0.2, -0.15) is 0 Å². The molecule has 0 saturated carbocycles. The molecule has 5 nitrogen and oxygen atoms in total. The van der Waals surface area contributed by atoms with Gasteiger partial charge in [0.25, 0.3) is 10.0 Å². The van der Waals surface area contributed by atoms with E-state index in [-0.39, 0.29) is 11.5 Å². The number of ether oxygens (including phenoxy) is 1. The normalized spacial score (nSPS) is 11.5. The highest BCUT2D eigenvalue weighted by Gasteiger charge is 2.20. The third-order valence-corrected chi connectivity index (χ3v) is 5.46. The number of sulfonamides is 1. The molecule has 1 aromatic heterocycles. The van der Waals surface area contributed by atoms with E-state index in [1.54, 1.807) is 24.6 Å². The van der Waals surface area contributed by atoms with Gasteiger partial charge in [-0.1, -0.05) is 18.2 Å². The molecule has 0 saturated heterocycles. The van der Waals surface area contributed by atoms with Crippen LogP contribution in [0, 0.1) is 0 Å². The average molecular weight is 327 g/mol. The van der Waals surface area contributed by atoms with Crippen LogP contribution < -0.4 is 4.72 Å². The van der Waals surface area contributed by atoms with Gasteiger partial charge in [0.2, 0.25) is 0 Å². The van der Waals surface area contributed by atoms with Gasteiger partial charge >= 0.3 is 0 Å². The van der Waals surface area contributed by atoms with Gasteiger partial charge in [0, 0.05) is 7.11 Å². The van der Waals surface area contributed by atoms with E-state index >= 15 is 0 Å². The Bertz CT molecular complexity index is 695. The van der Waals surface area contributed by atoms with Crippen LogP contribution in [0.2, 0.25) is 0 Å². The van der Waals surface area contributed by atoms with E-state index < -0.39 is 10.0 Å². The van der Waals surface area contributed by atoms with Gasteiger partial charge in [-0.15, -0.1) is 11.3 Å². The molecule has 2 aromatic rings. The molecule has 0 aliphatic rings. The minimum Gasteiger partial charge on any atom is -0.391 e. The third kappa shape index (κ3) is 3.82. The smallest absolute Gasteiger partial charge is 0.263 e. The molecule has 0 fully saturated rings. The summed E-state index contributed by atoms with van der Waals surface area (Å²) < 4.78 is 32.5. The number of nitrogens with one attached hydrogen (secondary N) is 1. The molecule has 0 atom stereocenters. The zero-order valence-electron chi connectivity index (χ0n) is 11.6. The predicted molar refractivity (Wildman–Crippen MR) is 83.1 cm³/mol. The van der Waals surface area contributed by atoms with Gasteiger partial charge in [0.1, 0.15) is 4.90 Å². The summed E-state index contributed by atoms with van der Waals surface area (Å²) >= 11 is 1.22. The van der Waals surface area contributed by atoms with Crippen LogP contribution in [-0.2, 0) is 27.8 Å². The van der Waals surface area contributed by atoms with Crippen molar-refractivity contribution >= 4 is 27.0 Å². The number of benzene rings is 1. The Morgan fingerprint density at radius 1 is 1.29 bits per heavy atom. The Kier molecular flexibility index (Phi) is 5.35.